The van der Waals surface area contributed by atoms with E-state index in [1.807, 2.05) is 39.0 Å². The van der Waals surface area contributed by atoms with Gasteiger partial charge in [0.15, 0.2) is 0 Å². The van der Waals surface area contributed by atoms with Gasteiger partial charge in [-0.3, -0.25) is 0 Å². The molecule has 1 aromatic rings. The number of fused-ring (bicyclic) bond motifs is 2. The lowest BCUT2D eigenvalue weighted by Crippen LogP contribution is -2.61. The fourth-order valence-corrected chi connectivity index (χ4v) is 2.90. The van der Waals surface area contributed by atoms with Gasteiger partial charge in [-0.25, -0.2) is 4.79 Å². The molecule has 3 rings (SSSR count). The first-order valence-electron chi connectivity index (χ1n) is 6.70. The van der Waals surface area contributed by atoms with Crippen molar-refractivity contribution in [3.05, 3.63) is 34.3 Å². The Kier molecular flexibility index (Phi) is 2.99. The van der Waals surface area contributed by atoms with Crippen molar-refractivity contribution < 1.29 is 14.3 Å². The molecule has 0 aliphatic carbocycles. The number of rotatable bonds is 0. The Bertz CT molecular complexity index is 559. The van der Waals surface area contributed by atoms with Crippen LogP contribution in [0.4, 0.5) is 4.79 Å². The molecule has 2 aliphatic rings. The molecule has 5 heteroatoms. The average molecular weight is 296 g/mol. The van der Waals surface area contributed by atoms with Gasteiger partial charge < -0.3 is 14.4 Å². The number of likely N-dealkylation sites (tertiary alicyclic amines) is 1. The molecular formula is C15H18ClNO3. The topological polar surface area (TPSA) is 38.8 Å². The first-order chi connectivity index (χ1) is 9.29. The van der Waals surface area contributed by atoms with Gasteiger partial charge in [0.05, 0.1) is 19.7 Å². The van der Waals surface area contributed by atoms with Crippen molar-refractivity contribution in [1.82, 2.24) is 4.90 Å². The summed E-state index contributed by atoms with van der Waals surface area (Å²) in [6.45, 7) is 7.22. The molecule has 0 saturated carbocycles. The number of amides is 1. The van der Waals surface area contributed by atoms with Crippen LogP contribution in [0.3, 0.4) is 0 Å². The summed E-state index contributed by atoms with van der Waals surface area (Å²) in [6, 6.07) is 5.80. The molecule has 0 atom stereocenters. The molecule has 4 nitrogen and oxygen atoms in total. The summed E-state index contributed by atoms with van der Waals surface area (Å²) in [5.74, 6) is 0. The van der Waals surface area contributed by atoms with E-state index in [1.165, 1.54) is 0 Å². The maximum absolute atomic E-state index is 12.0. The number of halogens is 1. The maximum Gasteiger partial charge on any atom is 0.410 e. The number of ether oxygens (including phenoxy) is 2. The molecule has 1 saturated heterocycles. The third-order valence-corrected chi connectivity index (χ3v) is 3.84. The van der Waals surface area contributed by atoms with Crippen LogP contribution in [-0.2, 0) is 21.7 Å². The normalized spacial score (nSPS) is 19.7. The van der Waals surface area contributed by atoms with Crippen molar-refractivity contribution >= 4 is 17.7 Å². The molecular weight excluding hydrogens is 278 g/mol. The zero-order valence-corrected chi connectivity index (χ0v) is 12.7. The Hall–Kier alpha value is -1.26. The highest BCUT2D eigenvalue weighted by Crippen LogP contribution is 2.44. The summed E-state index contributed by atoms with van der Waals surface area (Å²) in [4.78, 5) is 13.6. The minimum atomic E-state index is -0.470. The molecule has 2 aliphatic heterocycles. The standard InChI is InChI=1S/C15H18ClNO3/c1-14(2,3)20-13(18)17-8-15(9-17)12-5-4-11(16)6-10(12)7-19-15/h4-6H,7-9H2,1-3H3. The lowest BCUT2D eigenvalue weighted by Gasteiger charge is -2.47. The van der Waals surface area contributed by atoms with E-state index in [0.29, 0.717) is 24.7 Å². The van der Waals surface area contributed by atoms with Crippen LogP contribution in [-0.4, -0.2) is 29.7 Å². The van der Waals surface area contributed by atoms with Gasteiger partial charge >= 0.3 is 6.09 Å². The Labute approximate surface area is 123 Å². The van der Waals surface area contributed by atoms with Gasteiger partial charge in [-0.1, -0.05) is 17.7 Å². The second-order valence-corrected chi connectivity index (χ2v) is 6.86. The highest BCUT2D eigenvalue weighted by molar-refractivity contribution is 6.30. The first kappa shape index (κ1) is 13.7. The Balaban J connectivity index is 1.71. The number of carbonyl (C=O) groups is 1. The molecule has 0 unspecified atom stereocenters. The Morgan fingerprint density at radius 3 is 2.75 bits per heavy atom. The molecule has 1 fully saturated rings. The van der Waals surface area contributed by atoms with Crippen LogP contribution >= 0.6 is 11.6 Å². The minimum Gasteiger partial charge on any atom is -0.444 e. The third-order valence-electron chi connectivity index (χ3n) is 3.61. The number of carbonyl (C=O) groups excluding carboxylic acids is 1. The van der Waals surface area contributed by atoms with Gasteiger partial charge in [0.2, 0.25) is 0 Å². The van der Waals surface area contributed by atoms with E-state index >= 15 is 0 Å². The van der Waals surface area contributed by atoms with Crippen LogP contribution in [0.25, 0.3) is 0 Å². The third kappa shape index (κ3) is 2.27. The van der Waals surface area contributed by atoms with Crippen LogP contribution in [0.2, 0.25) is 5.02 Å². The second-order valence-electron chi connectivity index (χ2n) is 6.42. The zero-order valence-electron chi connectivity index (χ0n) is 11.9. The van der Waals surface area contributed by atoms with Crippen LogP contribution < -0.4 is 0 Å². The van der Waals surface area contributed by atoms with Crippen molar-refractivity contribution in [3.63, 3.8) is 0 Å². The minimum absolute atomic E-state index is 0.283. The zero-order chi connectivity index (χ0) is 14.5. The van der Waals surface area contributed by atoms with E-state index in [2.05, 4.69) is 0 Å². The smallest absolute Gasteiger partial charge is 0.410 e. The predicted molar refractivity (Wildman–Crippen MR) is 75.7 cm³/mol. The molecule has 0 N–H and O–H groups in total. The van der Waals surface area contributed by atoms with E-state index in [0.717, 1.165) is 11.1 Å². The summed E-state index contributed by atoms with van der Waals surface area (Å²) in [6.07, 6.45) is -0.283. The van der Waals surface area contributed by atoms with Crippen molar-refractivity contribution in [2.45, 2.75) is 38.6 Å². The first-order valence-corrected chi connectivity index (χ1v) is 7.08. The molecule has 1 aromatic carbocycles. The summed E-state index contributed by atoms with van der Waals surface area (Å²) in [7, 11) is 0. The molecule has 0 aromatic heterocycles. The van der Waals surface area contributed by atoms with E-state index in [9.17, 15) is 4.79 Å². The maximum atomic E-state index is 12.0. The highest BCUT2D eigenvalue weighted by atomic mass is 35.5. The average Bonchev–Trinajstić information content (AvgIpc) is 2.62. The van der Waals surface area contributed by atoms with Gasteiger partial charge in [0.25, 0.3) is 0 Å². The van der Waals surface area contributed by atoms with Crippen LogP contribution in [0.5, 0.6) is 0 Å². The molecule has 108 valence electrons. The quantitative estimate of drug-likeness (QED) is 0.737. The van der Waals surface area contributed by atoms with E-state index < -0.39 is 5.60 Å². The van der Waals surface area contributed by atoms with E-state index in [-0.39, 0.29) is 11.7 Å². The largest absolute Gasteiger partial charge is 0.444 e. The fraction of sp³-hybridized carbons (Fsp3) is 0.533. The monoisotopic (exact) mass is 295 g/mol. The lowest BCUT2D eigenvalue weighted by molar-refractivity contribution is -0.137. The van der Waals surface area contributed by atoms with Gasteiger partial charge in [-0.15, -0.1) is 0 Å². The SMILES string of the molecule is CC(C)(C)OC(=O)N1CC2(C1)OCc1cc(Cl)ccc12. The van der Waals surface area contributed by atoms with Gasteiger partial charge in [0, 0.05) is 5.02 Å². The van der Waals surface area contributed by atoms with Gasteiger partial charge in [0.1, 0.15) is 11.2 Å². The van der Waals surface area contributed by atoms with E-state index in [1.54, 1.807) is 4.90 Å². The second kappa shape index (κ2) is 4.37. The van der Waals surface area contributed by atoms with Crippen molar-refractivity contribution in [1.29, 1.82) is 0 Å². The number of hydrogen-bond acceptors (Lipinski definition) is 3. The lowest BCUT2D eigenvalue weighted by atomic mass is 9.85. The van der Waals surface area contributed by atoms with Gasteiger partial charge in [-0.2, -0.15) is 0 Å². The molecule has 1 spiro atoms. The predicted octanol–water partition coefficient (Wildman–Crippen LogP) is 3.32. The number of nitrogens with zero attached hydrogens (tertiary/aromatic N) is 1. The van der Waals surface area contributed by atoms with E-state index in [4.69, 9.17) is 21.1 Å². The molecule has 2 heterocycles. The Morgan fingerprint density at radius 1 is 1.40 bits per heavy atom. The number of hydrogen-bond donors (Lipinski definition) is 0. The van der Waals surface area contributed by atoms with Crippen molar-refractivity contribution in [3.8, 4) is 0 Å². The van der Waals surface area contributed by atoms with Gasteiger partial charge in [-0.05, 0) is 44.0 Å². The summed E-state index contributed by atoms with van der Waals surface area (Å²) >= 11 is 5.99. The van der Waals surface area contributed by atoms with Crippen LogP contribution in [0, 0.1) is 0 Å². The fourth-order valence-electron chi connectivity index (χ4n) is 2.71. The molecule has 0 radical (unpaired) electrons. The molecule has 0 bridgehead atoms. The summed E-state index contributed by atoms with van der Waals surface area (Å²) in [5, 5.41) is 0.715. The van der Waals surface area contributed by atoms with Crippen molar-refractivity contribution in [2.24, 2.45) is 0 Å². The van der Waals surface area contributed by atoms with Crippen LogP contribution in [0.1, 0.15) is 31.9 Å². The summed E-state index contributed by atoms with van der Waals surface area (Å²) < 4.78 is 11.3. The Morgan fingerprint density at radius 2 is 2.10 bits per heavy atom. The molecule has 1 amide bonds. The van der Waals surface area contributed by atoms with Crippen molar-refractivity contribution in [2.75, 3.05) is 13.1 Å². The molecule has 20 heavy (non-hydrogen) atoms. The summed E-state index contributed by atoms with van der Waals surface area (Å²) in [5.41, 5.74) is 1.42. The van der Waals surface area contributed by atoms with Crippen LogP contribution in [0.15, 0.2) is 18.2 Å². The number of benzene rings is 1. The highest BCUT2D eigenvalue weighted by Gasteiger charge is 2.52.